The molecule has 0 saturated heterocycles. The molecule has 2 aromatic rings. The van der Waals surface area contributed by atoms with Crippen molar-refractivity contribution in [1.82, 2.24) is 0 Å². The molecule has 0 spiro atoms. The highest BCUT2D eigenvalue weighted by Crippen LogP contribution is 2.30. The summed E-state index contributed by atoms with van der Waals surface area (Å²) in [6.07, 6.45) is 0. The van der Waals surface area contributed by atoms with Gasteiger partial charge in [0.15, 0.2) is 11.5 Å². The first-order valence-corrected chi connectivity index (χ1v) is 9.71. The number of hydrogen-bond acceptors (Lipinski definition) is 5. The summed E-state index contributed by atoms with van der Waals surface area (Å²) in [4.78, 5) is 12.0. The van der Waals surface area contributed by atoms with Gasteiger partial charge in [0.25, 0.3) is 10.0 Å². The Morgan fingerprint density at radius 2 is 1.44 bits per heavy atom. The zero-order valence-electron chi connectivity index (χ0n) is 16.0. The molecule has 0 aliphatic heterocycles. The molecule has 7 nitrogen and oxygen atoms in total. The third kappa shape index (κ3) is 5.13. The molecule has 27 heavy (non-hydrogen) atoms. The van der Waals surface area contributed by atoms with Crippen molar-refractivity contribution in [1.29, 1.82) is 0 Å². The van der Waals surface area contributed by atoms with Crippen molar-refractivity contribution in [2.24, 2.45) is 5.41 Å². The first-order chi connectivity index (χ1) is 12.6. The number of ether oxygens (including phenoxy) is 2. The lowest BCUT2D eigenvalue weighted by atomic mass is 9.95. The van der Waals surface area contributed by atoms with Gasteiger partial charge in [0.05, 0.1) is 19.1 Å². The maximum Gasteiger partial charge on any atom is 0.262 e. The van der Waals surface area contributed by atoms with Gasteiger partial charge in [-0.2, -0.15) is 0 Å². The van der Waals surface area contributed by atoms with Crippen LogP contribution in [-0.4, -0.2) is 28.5 Å². The van der Waals surface area contributed by atoms with E-state index in [0.717, 1.165) is 0 Å². The van der Waals surface area contributed by atoms with Crippen molar-refractivity contribution in [2.75, 3.05) is 24.3 Å². The summed E-state index contributed by atoms with van der Waals surface area (Å²) < 4.78 is 37.9. The summed E-state index contributed by atoms with van der Waals surface area (Å²) in [5.74, 6) is 0.636. The second kappa shape index (κ2) is 7.87. The molecule has 1 amide bonds. The molecular formula is C19H24N2O5S. The van der Waals surface area contributed by atoms with Crippen LogP contribution >= 0.6 is 0 Å². The minimum atomic E-state index is -3.80. The van der Waals surface area contributed by atoms with Gasteiger partial charge in [-0.25, -0.2) is 8.42 Å². The molecule has 0 aliphatic rings. The highest BCUT2D eigenvalue weighted by atomic mass is 32.2. The Morgan fingerprint density at radius 3 is 1.96 bits per heavy atom. The Labute approximate surface area is 159 Å². The fourth-order valence-electron chi connectivity index (χ4n) is 2.14. The van der Waals surface area contributed by atoms with Crippen LogP contribution in [0.2, 0.25) is 0 Å². The van der Waals surface area contributed by atoms with Gasteiger partial charge in [0, 0.05) is 22.9 Å². The maximum atomic E-state index is 12.6. The molecule has 0 aromatic heterocycles. The Kier molecular flexibility index (Phi) is 6.00. The number of amides is 1. The third-order valence-electron chi connectivity index (χ3n) is 3.74. The van der Waals surface area contributed by atoms with Crippen molar-refractivity contribution in [3.63, 3.8) is 0 Å². The zero-order chi connectivity index (χ0) is 20.2. The fraction of sp³-hybridized carbons (Fsp3) is 0.316. The van der Waals surface area contributed by atoms with Crippen LogP contribution < -0.4 is 19.5 Å². The smallest absolute Gasteiger partial charge is 0.262 e. The summed E-state index contributed by atoms with van der Waals surface area (Å²) in [5.41, 5.74) is 0.441. The number of nitrogens with one attached hydrogen (secondary N) is 2. The van der Waals surface area contributed by atoms with E-state index in [1.807, 2.05) is 20.8 Å². The van der Waals surface area contributed by atoms with Crippen molar-refractivity contribution < 1.29 is 22.7 Å². The second-order valence-electron chi connectivity index (χ2n) is 6.90. The Balaban J connectivity index is 2.17. The van der Waals surface area contributed by atoms with Gasteiger partial charge < -0.3 is 14.8 Å². The molecule has 146 valence electrons. The lowest BCUT2D eigenvalue weighted by molar-refractivity contribution is -0.123. The normalized spacial score (nSPS) is 11.6. The van der Waals surface area contributed by atoms with Gasteiger partial charge in [-0.05, 0) is 36.4 Å². The number of benzene rings is 2. The van der Waals surface area contributed by atoms with Crippen molar-refractivity contribution in [2.45, 2.75) is 25.7 Å². The predicted molar refractivity (Wildman–Crippen MR) is 105 cm³/mol. The number of hydrogen-bond donors (Lipinski definition) is 2. The van der Waals surface area contributed by atoms with E-state index in [1.54, 1.807) is 24.3 Å². The lowest BCUT2D eigenvalue weighted by Crippen LogP contribution is -2.27. The summed E-state index contributed by atoms with van der Waals surface area (Å²) in [5, 5.41) is 2.78. The minimum absolute atomic E-state index is 0.0465. The maximum absolute atomic E-state index is 12.6. The molecule has 0 atom stereocenters. The summed E-state index contributed by atoms with van der Waals surface area (Å²) in [6, 6.07) is 10.8. The molecule has 8 heteroatoms. The molecule has 0 saturated carbocycles. The SMILES string of the molecule is COc1ccc(S(=O)(=O)Nc2ccc(NC(=O)C(C)(C)C)cc2)cc1OC. The highest BCUT2D eigenvalue weighted by molar-refractivity contribution is 7.92. The predicted octanol–water partition coefficient (Wildman–Crippen LogP) is 3.49. The third-order valence-corrected chi connectivity index (χ3v) is 5.12. The number of sulfonamides is 1. The van der Waals surface area contributed by atoms with E-state index in [9.17, 15) is 13.2 Å². The van der Waals surface area contributed by atoms with Crippen LogP contribution in [-0.2, 0) is 14.8 Å². The van der Waals surface area contributed by atoms with E-state index in [4.69, 9.17) is 9.47 Å². The van der Waals surface area contributed by atoms with E-state index in [-0.39, 0.29) is 10.8 Å². The number of anilines is 2. The Hall–Kier alpha value is -2.74. The number of methoxy groups -OCH3 is 2. The van der Waals surface area contributed by atoms with Crippen LogP contribution in [0.4, 0.5) is 11.4 Å². The quantitative estimate of drug-likeness (QED) is 0.785. The topological polar surface area (TPSA) is 93.7 Å². The highest BCUT2D eigenvalue weighted by Gasteiger charge is 2.21. The van der Waals surface area contributed by atoms with Gasteiger partial charge in [-0.1, -0.05) is 20.8 Å². The molecule has 2 aromatic carbocycles. The number of rotatable bonds is 6. The Bertz CT molecular complexity index is 916. The first-order valence-electron chi connectivity index (χ1n) is 8.23. The minimum Gasteiger partial charge on any atom is -0.493 e. The van der Waals surface area contributed by atoms with Crippen LogP contribution in [0.5, 0.6) is 11.5 Å². The lowest BCUT2D eigenvalue weighted by Gasteiger charge is -2.18. The van der Waals surface area contributed by atoms with Gasteiger partial charge in [0.2, 0.25) is 5.91 Å². The summed E-state index contributed by atoms with van der Waals surface area (Å²) >= 11 is 0. The summed E-state index contributed by atoms with van der Waals surface area (Å²) in [6.45, 7) is 5.44. The standard InChI is InChI=1S/C19H24N2O5S/c1-19(2,3)18(22)20-13-6-8-14(9-7-13)21-27(23,24)15-10-11-16(25-4)17(12-15)26-5/h6-12,21H,1-5H3,(H,20,22). The van der Waals surface area contributed by atoms with Gasteiger partial charge in [-0.15, -0.1) is 0 Å². The average Bonchev–Trinajstić information content (AvgIpc) is 2.61. The van der Waals surface area contributed by atoms with Crippen molar-refractivity contribution in [3.8, 4) is 11.5 Å². The van der Waals surface area contributed by atoms with Crippen molar-refractivity contribution in [3.05, 3.63) is 42.5 Å². The molecule has 0 unspecified atom stereocenters. The number of carbonyl (C=O) groups is 1. The molecule has 2 N–H and O–H groups in total. The van der Waals surface area contributed by atoms with E-state index < -0.39 is 15.4 Å². The van der Waals surface area contributed by atoms with E-state index in [2.05, 4.69) is 10.0 Å². The van der Waals surface area contributed by atoms with E-state index in [1.165, 1.54) is 32.4 Å². The zero-order valence-corrected chi connectivity index (χ0v) is 16.8. The molecule has 0 bridgehead atoms. The summed E-state index contributed by atoms with van der Waals surface area (Å²) in [7, 11) is -0.890. The fourth-order valence-corrected chi connectivity index (χ4v) is 3.21. The van der Waals surface area contributed by atoms with E-state index in [0.29, 0.717) is 22.9 Å². The molecule has 0 heterocycles. The second-order valence-corrected chi connectivity index (χ2v) is 8.59. The van der Waals surface area contributed by atoms with Crippen LogP contribution in [0.25, 0.3) is 0 Å². The largest absolute Gasteiger partial charge is 0.493 e. The van der Waals surface area contributed by atoms with Gasteiger partial charge in [-0.3, -0.25) is 9.52 Å². The molecule has 2 rings (SSSR count). The van der Waals surface area contributed by atoms with Crippen LogP contribution in [0, 0.1) is 5.41 Å². The van der Waals surface area contributed by atoms with Gasteiger partial charge in [0.1, 0.15) is 0 Å². The molecule has 0 fully saturated rings. The van der Waals surface area contributed by atoms with Crippen LogP contribution in [0.1, 0.15) is 20.8 Å². The van der Waals surface area contributed by atoms with Crippen molar-refractivity contribution >= 4 is 27.3 Å². The first kappa shape index (κ1) is 20.6. The van der Waals surface area contributed by atoms with Crippen LogP contribution in [0.15, 0.2) is 47.4 Å². The van der Waals surface area contributed by atoms with E-state index >= 15 is 0 Å². The number of carbonyl (C=O) groups excluding carboxylic acids is 1. The average molecular weight is 392 g/mol. The Morgan fingerprint density at radius 1 is 0.889 bits per heavy atom. The molecule has 0 radical (unpaired) electrons. The molecule has 0 aliphatic carbocycles. The monoisotopic (exact) mass is 392 g/mol. The van der Waals surface area contributed by atoms with Gasteiger partial charge >= 0.3 is 0 Å². The molecular weight excluding hydrogens is 368 g/mol. The van der Waals surface area contributed by atoms with Crippen LogP contribution in [0.3, 0.4) is 0 Å².